The lowest BCUT2D eigenvalue weighted by atomic mass is 10.1. The maximum atomic E-state index is 12.7. The minimum absolute atomic E-state index is 0.141. The van der Waals surface area contributed by atoms with Crippen molar-refractivity contribution in [1.82, 2.24) is 15.1 Å². The Hall–Kier alpha value is -2.64. The van der Waals surface area contributed by atoms with Crippen LogP contribution in [0.5, 0.6) is 0 Å². The lowest BCUT2D eigenvalue weighted by Crippen LogP contribution is -2.29. The van der Waals surface area contributed by atoms with E-state index in [1.54, 1.807) is 11.6 Å². The Labute approximate surface area is 136 Å². The second-order valence-electron chi connectivity index (χ2n) is 5.41. The molecule has 1 aliphatic rings. The van der Waals surface area contributed by atoms with E-state index >= 15 is 0 Å². The van der Waals surface area contributed by atoms with Gasteiger partial charge in [-0.3, -0.25) is 9.48 Å². The minimum Gasteiger partial charge on any atom is -0.345 e. The number of fused-ring (bicyclic) bond motifs is 1. The summed E-state index contributed by atoms with van der Waals surface area (Å²) < 4.78 is 39.6. The normalized spacial score (nSPS) is 14.7. The smallest absolute Gasteiger partial charge is 0.345 e. The fourth-order valence-electron chi connectivity index (χ4n) is 2.60. The second-order valence-corrected chi connectivity index (χ2v) is 5.41. The van der Waals surface area contributed by atoms with E-state index in [0.717, 1.165) is 12.1 Å². The molecule has 0 atom stereocenters. The molecule has 0 fully saturated rings. The molecular formula is C16H15F3N4O. The lowest BCUT2D eigenvalue weighted by molar-refractivity contribution is -0.137. The third kappa shape index (κ3) is 2.79. The summed E-state index contributed by atoms with van der Waals surface area (Å²) >= 11 is 0. The Kier molecular flexibility index (Phi) is 3.90. The number of benzene rings is 1. The third-order valence-electron chi connectivity index (χ3n) is 3.82. The largest absolute Gasteiger partial charge is 0.416 e. The topological polar surface area (TPSA) is 59.3 Å². The van der Waals surface area contributed by atoms with Gasteiger partial charge >= 0.3 is 6.18 Å². The molecule has 0 unspecified atom stereocenters. The molecule has 0 aliphatic carbocycles. The fourth-order valence-corrected chi connectivity index (χ4v) is 2.60. The molecule has 1 aliphatic heterocycles. The average Bonchev–Trinajstić information content (AvgIpc) is 2.75. The predicted octanol–water partition coefficient (Wildman–Crippen LogP) is 3.09. The SMILES string of the molecule is CCn1nc(C)c2c1C(=O)NCC(c1ccc(C(F)(F)F)cc1)=N2. The van der Waals surface area contributed by atoms with Gasteiger partial charge in [0, 0.05) is 6.54 Å². The van der Waals surface area contributed by atoms with Crippen LogP contribution in [0.1, 0.15) is 34.2 Å². The molecular weight excluding hydrogens is 321 g/mol. The van der Waals surface area contributed by atoms with Crippen molar-refractivity contribution < 1.29 is 18.0 Å². The van der Waals surface area contributed by atoms with E-state index in [4.69, 9.17) is 0 Å². The molecule has 24 heavy (non-hydrogen) atoms. The Morgan fingerprint density at radius 2 is 1.92 bits per heavy atom. The molecule has 1 N–H and O–H groups in total. The second kappa shape index (κ2) is 5.77. The average molecular weight is 336 g/mol. The number of hydrogen-bond acceptors (Lipinski definition) is 3. The number of hydrogen-bond donors (Lipinski definition) is 1. The van der Waals surface area contributed by atoms with E-state index in [0.29, 0.717) is 34.9 Å². The number of alkyl halides is 3. The van der Waals surface area contributed by atoms with E-state index in [-0.39, 0.29) is 12.5 Å². The molecule has 126 valence electrons. The lowest BCUT2D eigenvalue weighted by Gasteiger charge is -2.09. The van der Waals surface area contributed by atoms with Crippen LogP contribution in [0, 0.1) is 6.92 Å². The zero-order chi connectivity index (χ0) is 17.5. The van der Waals surface area contributed by atoms with Crippen LogP contribution in [0.3, 0.4) is 0 Å². The first kappa shape index (κ1) is 16.2. The van der Waals surface area contributed by atoms with Crippen molar-refractivity contribution >= 4 is 17.3 Å². The van der Waals surface area contributed by atoms with Gasteiger partial charge in [0.1, 0.15) is 5.69 Å². The van der Waals surface area contributed by atoms with Crippen molar-refractivity contribution in [2.45, 2.75) is 26.6 Å². The number of aliphatic imine (C=N–C) groups is 1. The number of halogens is 3. The first-order valence-corrected chi connectivity index (χ1v) is 7.42. The van der Waals surface area contributed by atoms with Crippen LogP contribution in [0.4, 0.5) is 18.9 Å². The molecule has 5 nitrogen and oxygen atoms in total. The van der Waals surface area contributed by atoms with Crippen molar-refractivity contribution in [3.05, 3.63) is 46.8 Å². The van der Waals surface area contributed by atoms with Crippen LogP contribution in [0.25, 0.3) is 0 Å². The molecule has 1 amide bonds. The van der Waals surface area contributed by atoms with Gasteiger partial charge in [-0.2, -0.15) is 18.3 Å². The summed E-state index contributed by atoms with van der Waals surface area (Å²) in [6, 6.07) is 4.73. The third-order valence-corrected chi connectivity index (χ3v) is 3.82. The van der Waals surface area contributed by atoms with Gasteiger partial charge in [-0.05, 0) is 31.5 Å². The highest BCUT2D eigenvalue weighted by Gasteiger charge is 2.30. The summed E-state index contributed by atoms with van der Waals surface area (Å²) in [5, 5.41) is 7.01. The van der Waals surface area contributed by atoms with Gasteiger partial charge in [-0.1, -0.05) is 12.1 Å². The van der Waals surface area contributed by atoms with Gasteiger partial charge in [-0.15, -0.1) is 0 Å². The van der Waals surface area contributed by atoms with Crippen LogP contribution < -0.4 is 5.32 Å². The highest BCUT2D eigenvalue weighted by molar-refractivity contribution is 6.10. The Bertz CT molecular complexity index is 819. The summed E-state index contributed by atoms with van der Waals surface area (Å²) in [7, 11) is 0. The maximum Gasteiger partial charge on any atom is 0.416 e. The molecule has 3 rings (SSSR count). The van der Waals surface area contributed by atoms with Crippen LogP contribution >= 0.6 is 0 Å². The fraction of sp³-hybridized carbons (Fsp3) is 0.312. The van der Waals surface area contributed by atoms with Crippen LogP contribution in [-0.4, -0.2) is 27.9 Å². The number of carbonyl (C=O) groups is 1. The van der Waals surface area contributed by atoms with Crippen molar-refractivity contribution in [1.29, 1.82) is 0 Å². The number of carbonyl (C=O) groups excluding carboxylic acids is 1. The molecule has 1 aromatic heterocycles. The summed E-state index contributed by atoms with van der Waals surface area (Å²) in [5.41, 5.74) is 1.74. The van der Waals surface area contributed by atoms with E-state index in [2.05, 4.69) is 15.4 Å². The molecule has 0 radical (unpaired) electrons. The van der Waals surface area contributed by atoms with Gasteiger partial charge in [0.05, 0.1) is 23.5 Å². The van der Waals surface area contributed by atoms with Crippen LogP contribution in [0.2, 0.25) is 0 Å². The number of amides is 1. The molecule has 2 heterocycles. The Morgan fingerprint density at radius 1 is 1.25 bits per heavy atom. The monoisotopic (exact) mass is 336 g/mol. The molecule has 0 spiro atoms. The molecule has 8 heteroatoms. The summed E-state index contributed by atoms with van der Waals surface area (Å²) in [6.45, 7) is 4.28. The highest BCUT2D eigenvalue weighted by Crippen LogP contribution is 2.30. The Balaban J connectivity index is 2.04. The van der Waals surface area contributed by atoms with Crippen molar-refractivity contribution in [3.63, 3.8) is 0 Å². The summed E-state index contributed by atoms with van der Waals surface area (Å²) in [4.78, 5) is 16.8. The first-order valence-electron chi connectivity index (χ1n) is 7.42. The minimum atomic E-state index is -4.38. The van der Waals surface area contributed by atoms with Gasteiger partial charge in [0.15, 0.2) is 5.69 Å². The van der Waals surface area contributed by atoms with Crippen LogP contribution in [0.15, 0.2) is 29.3 Å². The van der Waals surface area contributed by atoms with E-state index in [9.17, 15) is 18.0 Å². The van der Waals surface area contributed by atoms with Crippen molar-refractivity contribution in [3.8, 4) is 0 Å². The number of rotatable bonds is 2. The summed E-state index contributed by atoms with van der Waals surface area (Å²) in [6.07, 6.45) is -4.38. The molecule has 1 aromatic carbocycles. The van der Waals surface area contributed by atoms with E-state index in [1.807, 2.05) is 6.92 Å². The van der Waals surface area contributed by atoms with Gasteiger partial charge < -0.3 is 5.32 Å². The number of nitrogens with one attached hydrogen (secondary N) is 1. The van der Waals surface area contributed by atoms with Crippen molar-refractivity contribution in [2.24, 2.45) is 4.99 Å². The van der Waals surface area contributed by atoms with Crippen LogP contribution in [-0.2, 0) is 12.7 Å². The highest BCUT2D eigenvalue weighted by atomic mass is 19.4. The number of aryl methyl sites for hydroxylation is 2. The van der Waals surface area contributed by atoms with Gasteiger partial charge in [0.2, 0.25) is 0 Å². The maximum absolute atomic E-state index is 12.7. The molecule has 0 saturated carbocycles. The van der Waals surface area contributed by atoms with Crippen molar-refractivity contribution in [2.75, 3.05) is 6.54 Å². The first-order chi connectivity index (χ1) is 11.3. The summed E-state index contributed by atoms with van der Waals surface area (Å²) in [5.74, 6) is -0.293. The zero-order valence-corrected chi connectivity index (χ0v) is 13.1. The molecule has 2 aromatic rings. The molecule has 0 bridgehead atoms. The van der Waals surface area contributed by atoms with Gasteiger partial charge in [0.25, 0.3) is 5.91 Å². The Morgan fingerprint density at radius 3 is 2.50 bits per heavy atom. The van der Waals surface area contributed by atoms with E-state index < -0.39 is 11.7 Å². The quantitative estimate of drug-likeness (QED) is 0.916. The zero-order valence-electron chi connectivity index (χ0n) is 13.1. The van der Waals surface area contributed by atoms with Gasteiger partial charge in [-0.25, -0.2) is 4.99 Å². The number of nitrogens with zero attached hydrogens (tertiary/aromatic N) is 3. The predicted molar refractivity (Wildman–Crippen MR) is 82.6 cm³/mol. The van der Waals surface area contributed by atoms with E-state index in [1.165, 1.54) is 12.1 Å². The molecule has 0 saturated heterocycles. The standard InChI is InChI=1S/C16H15F3N4O/c1-3-23-14-13(9(2)22-23)21-12(8-20-15(14)24)10-4-6-11(7-5-10)16(17,18)19/h4-7H,3,8H2,1-2H3,(H,20,24). The number of aromatic nitrogens is 2.